The van der Waals surface area contributed by atoms with Gasteiger partial charge in [0.2, 0.25) is 10.0 Å². The molecule has 1 aromatic heterocycles. The molecule has 1 aliphatic heterocycles. The van der Waals surface area contributed by atoms with E-state index in [1.807, 2.05) is 13.8 Å². The lowest BCUT2D eigenvalue weighted by molar-refractivity contribution is -0.0440. The van der Waals surface area contributed by atoms with E-state index in [9.17, 15) is 13.2 Å². The fourth-order valence-electron chi connectivity index (χ4n) is 2.93. The highest BCUT2D eigenvalue weighted by Crippen LogP contribution is 2.22. The van der Waals surface area contributed by atoms with Gasteiger partial charge in [-0.3, -0.25) is 4.79 Å². The third kappa shape index (κ3) is 4.65. The van der Waals surface area contributed by atoms with Gasteiger partial charge in [-0.25, -0.2) is 13.4 Å². The number of aromatic nitrogens is 1. The Bertz CT molecular complexity index is 924. The number of hydrogen-bond donors (Lipinski definition) is 1. The molecule has 0 aliphatic carbocycles. The van der Waals surface area contributed by atoms with Gasteiger partial charge in [-0.2, -0.15) is 4.31 Å². The van der Waals surface area contributed by atoms with Crippen LogP contribution in [0.3, 0.4) is 0 Å². The van der Waals surface area contributed by atoms with Gasteiger partial charge in [-0.15, -0.1) is 0 Å². The molecule has 0 bridgehead atoms. The van der Waals surface area contributed by atoms with Crippen molar-refractivity contribution in [2.45, 2.75) is 31.0 Å². The van der Waals surface area contributed by atoms with Crippen LogP contribution in [-0.2, 0) is 14.8 Å². The molecule has 0 radical (unpaired) electrons. The normalized spacial score (nSPS) is 21.0. The highest BCUT2D eigenvalue weighted by atomic mass is 35.5. The molecule has 144 valence electrons. The van der Waals surface area contributed by atoms with E-state index in [0.717, 1.165) is 0 Å². The third-order valence-electron chi connectivity index (χ3n) is 4.12. The molecule has 2 atom stereocenters. The lowest BCUT2D eigenvalue weighted by Crippen LogP contribution is -2.48. The Morgan fingerprint density at radius 1 is 1.19 bits per heavy atom. The summed E-state index contributed by atoms with van der Waals surface area (Å²) >= 11 is 5.79. The molecule has 1 N–H and O–H groups in total. The number of nitrogens with zero attached hydrogens (tertiary/aromatic N) is 2. The summed E-state index contributed by atoms with van der Waals surface area (Å²) in [5.41, 5.74) is 0.846. The Morgan fingerprint density at radius 2 is 1.81 bits per heavy atom. The van der Waals surface area contributed by atoms with Crippen molar-refractivity contribution in [3.8, 4) is 0 Å². The molecule has 1 aliphatic rings. The highest BCUT2D eigenvalue weighted by molar-refractivity contribution is 7.89. The number of sulfonamides is 1. The summed E-state index contributed by atoms with van der Waals surface area (Å²) in [5.74, 6) is -0.356. The number of benzene rings is 1. The zero-order valence-corrected chi connectivity index (χ0v) is 16.5. The van der Waals surface area contributed by atoms with E-state index < -0.39 is 10.0 Å². The van der Waals surface area contributed by atoms with Crippen molar-refractivity contribution in [3.63, 3.8) is 0 Å². The van der Waals surface area contributed by atoms with Crippen LogP contribution in [0.1, 0.15) is 24.2 Å². The number of carbonyl (C=O) groups is 1. The molecule has 2 heterocycles. The Kier molecular flexibility index (Phi) is 5.81. The van der Waals surface area contributed by atoms with Crippen LogP contribution in [0.2, 0.25) is 5.15 Å². The fraction of sp³-hybridized carbons (Fsp3) is 0.333. The molecular formula is C18H20ClN3O4S. The van der Waals surface area contributed by atoms with Crippen molar-refractivity contribution >= 4 is 33.2 Å². The Labute approximate surface area is 163 Å². The number of nitrogens with one attached hydrogen (secondary N) is 1. The van der Waals surface area contributed by atoms with Gasteiger partial charge in [0, 0.05) is 30.5 Å². The number of pyridine rings is 1. The topological polar surface area (TPSA) is 88.6 Å². The quantitative estimate of drug-likeness (QED) is 0.784. The van der Waals surface area contributed by atoms with Gasteiger partial charge in [-0.05, 0) is 50.2 Å². The molecule has 0 spiro atoms. The first-order valence-electron chi connectivity index (χ1n) is 8.44. The van der Waals surface area contributed by atoms with Gasteiger partial charge in [-0.1, -0.05) is 11.6 Å². The maximum atomic E-state index is 12.8. The molecule has 27 heavy (non-hydrogen) atoms. The van der Waals surface area contributed by atoms with Gasteiger partial charge < -0.3 is 10.1 Å². The summed E-state index contributed by atoms with van der Waals surface area (Å²) < 4.78 is 32.7. The SMILES string of the molecule is C[C@@H]1CN(S(=O)(=O)c2ccc(NC(=O)c3ccnc(Cl)c3)cc2)C[C@@H](C)O1. The summed E-state index contributed by atoms with van der Waals surface area (Å²) in [6, 6.07) is 9.07. The smallest absolute Gasteiger partial charge is 0.255 e. The van der Waals surface area contributed by atoms with Crippen molar-refractivity contribution in [2.75, 3.05) is 18.4 Å². The first-order valence-corrected chi connectivity index (χ1v) is 10.3. The van der Waals surface area contributed by atoms with Crippen molar-refractivity contribution < 1.29 is 17.9 Å². The summed E-state index contributed by atoms with van der Waals surface area (Å²) in [5, 5.41) is 2.92. The minimum Gasteiger partial charge on any atom is -0.373 e. The number of carbonyl (C=O) groups excluding carboxylic acids is 1. The first kappa shape index (κ1) is 19.8. The van der Waals surface area contributed by atoms with Crippen LogP contribution in [0.4, 0.5) is 5.69 Å². The van der Waals surface area contributed by atoms with Crippen LogP contribution < -0.4 is 5.32 Å². The van der Waals surface area contributed by atoms with Gasteiger partial charge in [0.15, 0.2) is 0 Å². The molecule has 9 heteroatoms. The monoisotopic (exact) mass is 409 g/mol. The standard InChI is InChI=1S/C18H20ClN3O4S/c1-12-10-22(11-13(2)26-12)27(24,25)16-5-3-15(4-6-16)21-18(23)14-7-8-20-17(19)9-14/h3-9,12-13H,10-11H2,1-2H3,(H,21,23)/t12-,13-/m1/s1. The van der Waals surface area contributed by atoms with Crippen LogP contribution >= 0.6 is 11.6 Å². The zero-order chi connectivity index (χ0) is 19.6. The second-order valence-corrected chi connectivity index (χ2v) is 8.75. The number of anilines is 1. The van der Waals surface area contributed by atoms with E-state index in [4.69, 9.17) is 16.3 Å². The van der Waals surface area contributed by atoms with Crippen LogP contribution in [0.5, 0.6) is 0 Å². The van der Waals surface area contributed by atoms with Crippen LogP contribution in [0.25, 0.3) is 0 Å². The van der Waals surface area contributed by atoms with Crippen molar-refractivity contribution in [2.24, 2.45) is 0 Å². The minimum atomic E-state index is -3.62. The average molecular weight is 410 g/mol. The molecule has 1 fully saturated rings. The zero-order valence-electron chi connectivity index (χ0n) is 14.9. The Balaban J connectivity index is 1.74. The summed E-state index contributed by atoms with van der Waals surface area (Å²) in [6.07, 6.45) is 1.13. The van der Waals surface area contributed by atoms with Crippen LogP contribution in [0.15, 0.2) is 47.5 Å². The molecular weight excluding hydrogens is 390 g/mol. The number of halogens is 1. The Morgan fingerprint density at radius 3 is 2.41 bits per heavy atom. The van der Waals surface area contributed by atoms with Gasteiger partial charge in [0.1, 0.15) is 5.15 Å². The van der Waals surface area contributed by atoms with Gasteiger partial charge in [0.05, 0.1) is 17.1 Å². The fourth-order valence-corrected chi connectivity index (χ4v) is 4.70. The van der Waals surface area contributed by atoms with E-state index in [2.05, 4.69) is 10.3 Å². The predicted octanol–water partition coefficient (Wildman–Crippen LogP) is 2.79. The van der Waals surface area contributed by atoms with Crippen LogP contribution in [-0.4, -0.2) is 48.9 Å². The van der Waals surface area contributed by atoms with Crippen molar-refractivity contribution in [3.05, 3.63) is 53.3 Å². The van der Waals surface area contributed by atoms with Gasteiger partial charge in [0.25, 0.3) is 5.91 Å². The average Bonchev–Trinajstić information content (AvgIpc) is 2.61. The van der Waals surface area contributed by atoms with E-state index >= 15 is 0 Å². The predicted molar refractivity (Wildman–Crippen MR) is 102 cm³/mol. The lowest BCUT2D eigenvalue weighted by Gasteiger charge is -2.34. The van der Waals surface area contributed by atoms with E-state index in [0.29, 0.717) is 24.3 Å². The molecule has 3 rings (SSSR count). The number of morpholine rings is 1. The van der Waals surface area contributed by atoms with E-state index in [-0.39, 0.29) is 28.2 Å². The number of amides is 1. The maximum absolute atomic E-state index is 12.8. The van der Waals surface area contributed by atoms with Crippen molar-refractivity contribution in [1.82, 2.24) is 9.29 Å². The molecule has 7 nitrogen and oxygen atoms in total. The molecule has 0 unspecified atom stereocenters. The second-order valence-electron chi connectivity index (χ2n) is 6.43. The first-order chi connectivity index (χ1) is 12.8. The van der Waals surface area contributed by atoms with E-state index in [1.54, 1.807) is 18.2 Å². The number of hydrogen-bond acceptors (Lipinski definition) is 5. The third-order valence-corrected chi connectivity index (χ3v) is 6.18. The summed E-state index contributed by atoms with van der Waals surface area (Å²) in [7, 11) is -3.62. The molecule has 1 amide bonds. The minimum absolute atomic E-state index is 0.158. The largest absolute Gasteiger partial charge is 0.373 e. The molecule has 1 saturated heterocycles. The van der Waals surface area contributed by atoms with Crippen molar-refractivity contribution in [1.29, 1.82) is 0 Å². The Hall–Kier alpha value is -2.00. The maximum Gasteiger partial charge on any atom is 0.255 e. The molecule has 0 saturated carbocycles. The summed E-state index contributed by atoms with van der Waals surface area (Å²) in [6.45, 7) is 4.33. The van der Waals surface area contributed by atoms with Gasteiger partial charge >= 0.3 is 0 Å². The molecule has 1 aromatic carbocycles. The second kappa shape index (κ2) is 7.93. The molecule has 2 aromatic rings. The number of rotatable bonds is 4. The van der Waals surface area contributed by atoms with Crippen LogP contribution in [0, 0.1) is 0 Å². The number of ether oxygens (including phenoxy) is 1. The lowest BCUT2D eigenvalue weighted by atomic mass is 10.2. The van der Waals surface area contributed by atoms with E-state index in [1.165, 1.54) is 28.7 Å². The highest BCUT2D eigenvalue weighted by Gasteiger charge is 2.32. The summed E-state index contributed by atoms with van der Waals surface area (Å²) in [4.78, 5) is 16.2.